The van der Waals surface area contributed by atoms with E-state index in [-0.39, 0.29) is 0 Å². The molecule has 5 nitrogen and oxygen atoms in total. The summed E-state index contributed by atoms with van der Waals surface area (Å²) >= 11 is 3.58. The highest BCUT2D eigenvalue weighted by Gasteiger charge is 2.12. The Morgan fingerprint density at radius 2 is 1.74 bits per heavy atom. The summed E-state index contributed by atoms with van der Waals surface area (Å²) in [5.74, 6) is 1.41. The van der Waals surface area contributed by atoms with Gasteiger partial charge in [0.25, 0.3) is 0 Å². The van der Waals surface area contributed by atoms with Crippen molar-refractivity contribution < 1.29 is 9.47 Å². The Bertz CT molecular complexity index is 803. The third kappa shape index (κ3) is 3.37. The normalized spacial score (nSPS) is 10.6. The van der Waals surface area contributed by atoms with Crippen LogP contribution in [0.15, 0.2) is 47.2 Å². The zero-order valence-electron chi connectivity index (χ0n) is 12.8. The molecule has 3 aromatic rings. The second kappa shape index (κ2) is 6.83. The van der Waals surface area contributed by atoms with Crippen molar-refractivity contribution in [1.82, 2.24) is 15.2 Å². The van der Waals surface area contributed by atoms with Crippen molar-refractivity contribution in [3.63, 3.8) is 0 Å². The molecule has 23 heavy (non-hydrogen) atoms. The molecule has 0 fully saturated rings. The van der Waals surface area contributed by atoms with E-state index in [1.807, 2.05) is 30.3 Å². The number of H-pyrrole nitrogens is 1. The molecule has 1 aromatic carbocycles. The van der Waals surface area contributed by atoms with Gasteiger partial charge < -0.3 is 9.47 Å². The summed E-state index contributed by atoms with van der Waals surface area (Å²) in [6, 6.07) is 9.79. The number of nitrogens with zero attached hydrogens (tertiary/aromatic N) is 2. The fourth-order valence-corrected chi connectivity index (χ4v) is 2.82. The molecule has 0 radical (unpaired) electrons. The van der Waals surface area contributed by atoms with E-state index in [0.29, 0.717) is 17.9 Å². The van der Waals surface area contributed by atoms with Gasteiger partial charge in [0.1, 0.15) is 0 Å². The summed E-state index contributed by atoms with van der Waals surface area (Å²) in [5, 5.41) is 7.45. The number of methoxy groups -OCH3 is 2. The van der Waals surface area contributed by atoms with Crippen LogP contribution in [0.4, 0.5) is 0 Å². The van der Waals surface area contributed by atoms with E-state index in [1.54, 1.807) is 26.6 Å². The van der Waals surface area contributed by atoms with E-state index >= 15 is 0 Å². The minimum atomic E-state index is 0.699. The van der Waals surface area contributed by atoms with Gasteiger partial charge in [0.05, 0.1) is 19.9 Å². The fraction of sp³-hybridized carbons (Fsp3) is 0.176. The van der Waals surface area contributed by atoms with Crippen molar-refractivity contribution in [2.45, 2.75) is 6.42 Å². The van der Waals surface area contributed by atoms with Crippen LogP contribution in [0.1, 0.15) is 11.3 Å². The van der Waals surface area contributed by atoms with Gasteiger partial charge in [-0.2, -0.15) is 5.10 Å². The second-order valence-corrected chi connectivity index (χ2v) is 5.84. The predicted octanol–water partition coefficient (Wildman–Crippen LogP) is 3.84. The van der Waals surface area contributed by atoms with E-state index in [4.69, 9.17) is 9.47 Å². The maximum Gasteiger partial charge on any atom is 0.161 e. The summed E-state index contributed by atoms with van der Waals surface area (Å²) in [6.45, 7) is 0. The molecule has 0 aliphatic carbocycles. The van der Waals surface area contributed by atoms with Gasteiger partial charge in [-0.05, 0) is 35.9 Å². The number of hydrogen-bond donors (Lipinski definition) is 1. The molecule has 2 heterocycles. The Labute approximate surface area is 142 Å². The Morgan fingerprint density at radius 1 is 1.04 bits per heavy atom. The van der Waals surface area contributed by atoms with Crippen LogP contribution in [0.25, 0.3) is 11.3 Å². The molecule has 0 saturated carbocycles. The first kappa shape index (κ1) is 15.6. The first-order valence-electron chi connectivity index (χ1n) is 7.06. The summed E-state index contributed by atoms with van der Waals surface area (Å²) in [7, 11) is 3.26. The van der Waals surface area contributed by atoms with E-state index in [2.05, 4.69) is 31.1 Å². The van der Waals surface area contributed by atoms with Gasteiger partial charge in [0.2, 0.25) is 0 Å². The third-order valence-electron chi connectivity index (χ3n) is 3.54. The van der Waals surface area contributed by atoms with Crippen molar-refractivity contribution in [1.29, 1.82) is 0 Å². The lowest BCUT2D eigenvalue weighted by molar-refractivity contribution is 0.354. The van der Waals surface area contributed by atoms with Gasteiger partial charge in [-0.3, -0.25) is 10.1 Å². The fourth-order valence-electron chi connectivity index (χ4n) is 2.36. The number of benzene rings is 1. The Hall–Kier alpha value is -2.34. The quantitative estimate of drug-likeness (QED) is 0.737. The molecular weight excluding hydrogens is 358 g/mol. The minimum Gasteiger partial charge on any atom is -0.493 e. The van der Waals surface area contributed by atoms with Gasteiger partial charge in [-0.25, -0.2) is 0 Å². The highest BCUT2D eigenvalue weighted by atomic mass is 79.9. The van der Waals surface area contributed by atoms with Gasteiger partial charge >= 0.3 is 0 Å². The molecule has 1 N–H and O–H groups in total. The second-order valence-electron chi connectivity index (χ2n) is 4.99. The van der Waals surface area contributed by atoms with Gasteiger partial charge in [0.15, 0.2) is 11.5 Å². The third-order valence-corrected chi connectivity index (χ3v) is 4.28. The van der Waals surface area contributed by atoms with Crippen molar-refractivity contribution >= 4 is 15.9 Å². The van der Waals surface area contributed by atoms with Crippen LogP contribution in [0.3, 0.4) is 0 Å². The topological polar surface area (TPSA) is 60.0 Å². The van der Waals surface area contributed by atoms with Crippen LogP contribution in [0.5, 0.6) is 11.5 Å². The van der Waals surface area contributed by atoms with Crippen LogP contribution < -0.4 is 9.47 Å². The molecule has 0 saturated heterocycles. The number of rotatable bonds is 5. The van der Waals surface area contributed by atoms with E-state index in [9.17, 15) is 0 Å². The van der Waals surface area contributed by atoms with Crippen molar-refractivity contribution in [3.8, 4) is 22.8 Å². The van der Waals surface area contributed by atoms with Crippen molar-refractivity contribution in [2.75, 3.05) is 14.2 Å². The highest BCUT2D eigenvalue weighted by molar-refractivity contribution is 9.10. The number of pyridine rings is 1. The summed E-state index contributed by atoms with van der Waals surface area (Å²) < 4.78 is 11.6. The molecule has 0 bridgehead atoms. The van der Waals surface area contributed by atoms with E-state index < -0.39 is 0 Å². The van der Waals surface area contributed by atoms with Crippen LogP contribution in [0.2, 0.25) is 0 Å². The molecule has 0 unspecified atom stereocenters. The molecule has 0 aliphatic rings. The molecule has 2 aromatic heterocycles. The minimum absolute atomic E-state index is 0.699. The maximum absolute atomic E-state index is 5.37. The van der Waals surface area contributed by atoms with Crippen LogP contribution in [-0.2, 0) is 6.42 Å². The van der Waals surface area contributed by atoms with Crippen LogP contribution >= 0.6 is 15.9 Å². The molecule has 0 amide bonds. The van der Waals surface area contributed by atoms with Crippen LogP contribution in [0, 0.1) is 0 Å². The van der Waals surface area contributed by atoms with E-state index in [0.717, 1.165) is 27.0 Å². The lowest BCUT2D eigenvalue weighted by Gasteiger charge is -2.11. The number of nitrogens with one attached hydrogen (secondary N) is 1. The number of halogens is 1. The summed E-state index contributed by atoms with van der Waals surface area (Å²) in [4.78, 5) is 4.02. The largest absolute Gasteiger partial charge is 0.493 e. The van der Waals surface area contributed by atoms with Crippen LogP contribution in [-0.4, -0.2) is 29.4 Å². The van der Waals surface area contributed by atoms with E-state index in [1.165, 1.54) is 0 Å². The number of aromatic nitrogens is 3. The molecule has 6 heteroatoms. The number of aromatic amines is 1. The van der Waals surface area contributed by atoms with Gasteiger partial charge in [-0.15, -0.1) is 0 Å². The Kier molecular flexibility index (Phi) is 4.62. The molecule has 3 rings (SSSR count). The smallest absolute Gasteiger partial charge is 0.161 e. The lowest BCUT2D eigenvalue weighted by Crippen LogP contribution is -1.95. The number of ether oxygens (including phenoxy) is 2. The average molecular weight is 374 g/mol. The highest BCUT2D eigenvalue weighted by Crippen LogP contribution is 2.34. The zero-order valence-corrected chi connectivity index (χ0v) is 14.4. The zero-order chi connectivity index (χ0) is 16.2. The average Bonchev–Trinajstić information content (AvgIpc) is 3.05. The standard InChI is InChI=1S/C17H16BrN3O2/c1-22-16-8-12(14(18)10-17(16)23-2)7-13-9-15(21-20-13)11-3-5-19-6-4-11/h3-6,8-10H,7H2,1-2H3,(H,20,21). The first-order chi connectivity index (χ1) is 11.2. The Balaban J connectivity index is 1.87. The molecule has 0 spiro atoms. The SMILES string of the molecule is COc1cc(Br)c(Cc2cc(-c3ccncc3)n[nH]2)cc1OC. The molecule has 0 aliphatic heterocycles. The lowest BCUT2D eigenvalue weighted by atomic mass is 10.1. The maximum atomic E-state index is 5.37. The summed E-state index contributed by atoms with van der Waals surface area (Å²) in [5.41, 5.74) is 4.05. The molecule has 118 valence electrons. The predicted molar refractivity (Wildman–Crippen MR) is 91.9 cm³/mol. The van der Waals surface area contributed by atoms with Gasteiger partial charge in [-0.1, -0.05) is 15.9 Å². The monoisotopic (exact) mass is 373 g/mol. The van der Waals surface area contributed by atoms with Gasteiger partial charge in [0, 0.05) is 34.5 Å². The Morgan fingerprint density at radius 3 is 2.43 bits per heavy atom. The molecular formula is C17H16BrN3O2. The summed E-state index contributed by atoms with van der Waals surface area (Å²) in [6.07, 6.45) is 4.22. The van der Waals surface area contributed by atoms with Crippen molar-refractivity contribution in [3.05, 3.63) is 58.5 Å². The first-order valence-corrected chi connectivity index (χ1v) is 7.85. The molecule has 0 atom stereocenters. The number of hydrogen-bond acceptors (Lipinski definition) is 4. The van der Waals surface area contributed by atoms with Crippen molar-refractivity contribution in [2.24, 2.45) is 0 Å².